The average molecular weight is 979 g/mol. The Balaban J connectivity index is 0.984. The van der Waals surface area contributed by atoms with Gasteiger partial charge in [0, 0.05) is 63.9 Å². The molecule has 17 nitrogen and oxygen atoms in total. The van der Waals surface area contributed by atoms with E-state index < -0.39 is 17.9 Å². The minimum absolute atomic E-state index is 0.0423. The SMILES string of the molecule is CC(=O)CC(=O)CCc1ccc(NC(=O)CCCC(=O)NCCCOCCOCCOCCCc2cccc(-c3ccc(C(CC(=O)O)NC(=O)CNC(=O)CCCNc4cc(C)ccn4)cc3)c2)cc1. The largest absolute Gasteiger partial charge is 0.481 e. The maximum atomic E-state index is 12.7. The zero-order chi connectivity index (χ0) is 51.1. The highest BCUT2D eigenvalue weighted by Gasteiger charge is 2.19. The van der Waals surface area contributed by atoms with E-state index in [4.69, 9.17) is 14.2 Å². The van der Waals surface area contributed by atoms with Gasteiger partial charge in [-0.05, 0) is 110 Å². The molecule has 1 heterocycles. The quantitative estimate of drug-likeness (QED) is 0.0212. The number of hydrogen-bond donors (Lipinski definition) is 6. The van der Waals surface area contributed by atoms with Crippen LogP contribution in [0.4, 0.5) is 11.5 Å². The molecule has 1 aromatic heterocycles. The Labute approximate surface area is 416 Å². The van der Waals surface area contributed by atoms with Crippen molar-refractivity contribution in [2.45, 2.75) is 96.9 Å². The Morgan fingerprint density at radius 3 is 2.00 bits per heavy atom. The second-order valence-corrected chi connectivity index (χ2v) is 17.2. The highest BCUT2D eigenvalue weighted by molar-refractivity contribution is 5.98. The molecule has 71 heavy (non-hydrogen) atoms. The van der Waals surface area contributed by atoms with Crippen LogP contribution in [0.15, 0.2) is 91.1 Å². The van der Waals surface area contributed by atoms with E-state index in [-0.39, 0.29) is 67.9 Å². The lowest BCUT2D eigenvalue weighted by Gasteiger charge is -2.18. The summed E-state index contributed by atoms with van der Waals surface area (Å²) in [5.74, 6) is -1.60. The third-order valence-corrected chi connectivity index (χ3v) is 11.0. The molecule has 0 saturated heterocycles. The molecule has 4 amide bonds. The average Bonchev–Trinajstić information content (AvgIpc) is 3.34. The van der Waals surface area contributed by atoms with E-state index in [0.717, 1.165) is 46.5 Å². The van der Waals surface area contributed by atoms with Gasteiger partial charge < -0.3 is 45.9 Å². The van der Waals surface area contributed by atoms with Gasteiger partial charge in [0.25, 0.3) is 0 Å². The van der Waals surface area contributed by atoms with Crippen LogP contribution in [-0.2, 0) is 60.6 Å². The number of aliphatic carboxylic acids is 1. The Bertz CT molecular complexity index is 2310. The molecule has 382 valence electrons. The van der Waals surface area contributed by atoms with Crippen LogP contribution in [0.25, 0.3) is 11.1 Å². The Hall–Kier alpha value is -6.82. The molecule has 0 aliphatic rings. The first kappa shape index (κ1) is 56.8. The first-order valence-corrected chi connectivity index (χ1v) is 24.4. The summed E-state index contributed by atoms with van der Waals surface area (Å²) >= 11 is 0. The fraction of sp³-hybridized carbons (Fsp3) is 0.444. The van der Waals surface area contributed by atoms with Gasteiger partial charge in [-0.25, -0.2) is 4.98 Å². The molecule has 1 unspecified atom stereocenters. The molecule has 6 N–H and O–H groups in total. The van der Waals surface area contributed by atoms with Crippen molar-refractivity contribution in [3.63, 3.8) is 0 Å². The lowest BCUT2D eigenvalue weighted by atomic mass is 9.97. The van der Waals surface area contributed by atoms with E-state index >= 15 is 0 Å². The number of anilines is 2. The minimum atomic E-state index is -1.06. The van der Waals surface area contributed by atoms with Crippen molar-refractivity contribution in [1.29, 1.82) is 0 Å². The molecule has 0 fully saturated rings. The monoisotopic (exact) mass is 979 g/mol. The Kier molecular flexibility index (Phi) is 26.3. The fourth-order valence-corrected chi connectivity index (χ4v) is 7.30. The van der Waals surface area contributed by atoms with Crippen LogP contribution in [0.5, 0.6) is 0 Å². The van der Waals surface area contributed by atoms with Crippen molar-refractivity contribution in [3.05, 3.63) is 113 Å². The van der Waals surface area contributed by atoms with Crippen LogP contribution >= 0.6 is 0 Å². The van der Waals surface area contributed by atoms with Crippen molar-refractivity contribution in [3.8, 4) is 11.1 Å². The highest BCUT2D eigenvalue weighted by Crippen LogP contribution is 2.25. The van der Waals surface area contributed by atoms with Crippen molar-refractivity contribution < 1.29 is 52.9 Å². The number of Topliss-reactive ketones (excluding diaryl/α,β-unsaturated/α-hetero) is 2. The summed E-state index contributed by atoms with van der Waals surface area (Å²) in [5.41, 5.74) is 6.41. The number of nitrogens with one attached hydrogen (secondary N) is 5. The van der Waals surface area contributed by atoms with Crippen LogP contribution in [0.2, 0.25) is 0 Å². The number of carboxylic acid groups (broad SMARTS) is 1. The maximum absolute atomic E-state index is 12.7. The maximum Gasteiger partial charge on any atom is 0.305 e. The number of carbonyl (C=O) groups is 7. The third-order valence-electron chi connectivity index (χ3n) is 11.0. The molecule has 0 saturated carbocycles. The number of carboxylic acids is 1. The predicted octanol–water partition coefficient (Wildman–Crippen LogP) is 6.48. The van der Waals surface area contributed by atoms with Crippen LogP contribution in [0.3, 0.4) is 0 Å². The molecule has 0 aliphatic heterocycles. The topological polar surface area (TPSA) is 240 Å². The summed E-state index contributed by atoms with van der Waals surface area (Å²) in [7, 11) is 0. The highest BCUT2D eigenvalue weighted by atomic mass is 16.5. The van der Waals surface area contributed by atoms with E-state index in [1.165, 1.54) is 6.92 Å². The van der Waals surface area contributed by atoms with Gasteiger partial charge in [-0.2, -0.15) is 0 Å². The smallest absolute Gasteiger partial charge is 0.305 e. The lowest BCUT2D eigenvalue weighted by Crippen LogP contribution is -2.39. The van der Waals surface area contributed by atoms with Crippen LogP contribution in [0.1, 0.15) is 99.4 Å². The van der Waals surface area contributed by atoms with Gasteiger partial charge in [0.15, 0.2) is 0 Å². The van der Waals surface area contributed by atoms with Gasteiger partial charge in [0.1, 0.15) is 17.4 Å². The van der Waals surface area contributed by atoms with Gasteiger partial charge in [-0.3, -0.25) is 33.6 Å². The van der Waals surface area contributed by atoms with E-state index in [0.29, 0.717) is 96.1 Å². The van der Waals surface area contributed by atoms with Crippen molar-refractivity contribution >= 4 is 52.7 Å². The van der Waals surface area contributed by atoms with Gasteiger partial charge in [0.05, 0.1) is 51.9 Å². The number of hydrogen-bond acceptors (Lipinski definition) is 12. The lowest BCUT2D eigenvalue weighted by molar-refractivity contribution is -0.138. The number of benzene rings is 3. The van der Waals surface area contributed by atoms with Crippen molar-refractivity contribution in [2.75, 3.05) is 69.9 Å². The van der Waals surface area contributed by atoms with Gasteiger partial charge >= 0.3 is 5.97 Å². The second kappa shape index (κ2) is 32.9. The standard InChI is InChI=1S/C54H70N6O11/c1-39-24-27-56-49(34-39)55-25-5-13-51(64)58-38-53(66)60-48(37-54(67)68)44-19-17-43(18-20-44)45-10-3-8-42(36-45)9-6-28-69-30-32-71-33-31-70-29-7-26-57-50(63)11-4-12-52(65)59-46-21-14-41(15-22-46)16-23-47(62)35-40(2)61/h3,8,10,14-15,17-22,24,27,34,36,48H,4-7,9,11-13,16,23,25-26,28-33,35,37-38H2,1-2H3,(H,55,56)(H,57,63)(H,58,64)(H,59,65)(H,60,66)(H,67,68). The van der Waals surface area contributed by atoms with Gasteiger partial charge in [-0.15, -0.1) is 0 Å². The number of amides is 4. The zero-order valence-corrected chi connectivity index (χ0v) is 41.1. The molecule has 0 spiro atoms. The summed E-state index contributed by atoms with van der Waals surface area (Å²) in [6.07, 6.45) is 6.14. The number of nitrogens with zero attached hydrogens (tertiary/aromatic N) is 1. The normalized spacial score (nSPS) is 11.3. The summed E-state index contributed by atoms with van der Waals surface area (Å²) in [6, 6.07) is 25.9. The van der Waals surface area contributed by atoms with Crippen LogP contribution in [-0.4, -0.2) is 111 Å². The van der Waals surface area contributed by atoms with E-state index in [9.17, 15) is 38.7 Å². The molecular formula is C54H70N6O11. The summed E-state index contributed by atoms with van der Waals surface area (Å²) < 4.78 is 17.0. The fourth-order valence-electron chi connectivity index (χ4n) is 7.30. The summed E-state index contributed by atoms with van der Waals surface area (Å²) in [6.45, 7) is 6.96. The van der Waals surface area contributed by atoms with Crippen LogP contribution < -0.4 is 26.6 Å². The molecular weight excluding hydrogens is 909 g/mol. The summed E-state index contributed by atoms with van der Waals surface area (Å²) in [5, 5.41) is 23.8. The molecule has 0 aliphatic carbocycles. The predicted molar refractivity (Wildman–Crippen MR) is 271 cm³/mol. The molecule has 0 bridgehead atoms. The molecule has 4 aromatic rings. The third kappa shape index (κ3) is 25.0. The minimum Gasteiger partial charge on any atom is -0.481 e. The number of carbonyl (C=O) groups excluding carboxylic acids is 6. The van der Waals surface area contributed by atoms with Crippen molar-refractivity contribution in [2.24, 2.45) is 0 Å². The number of pyridine rings is 1. The number of ether oxygens (including phenoxy) is 3. The van der Waals surface area contributed by atoms with Gasteiger partial charge in [0.2, 0.25) is 23.6 Å². The number of aromatic nitrogens is 1. The number of rotatable bonds is 36. The molecule has 1 atom stereocenters. The zero-order valence-electron chi connectivity index (χ0n) is 41.1. The summed E-state index contributed by atoms with van der Waals surface area (Å²) in [4.78, 5) is 88.3. The Morgan fingerprint density at radius 1 is 0.620 bits per heavy atom. The van der Waals surface area contributed by atoms with Gasteiger partial charge in [-0.1, -0.05) is 60.7 Å². The first-order valence-electron chi connectivity index (χ1n) is 24.4. The van der Waals surface area contributed by atoms with E-state index in [1.54, 1.807) is 18.3 Å². The van der Waals surface area contributed by atoms with Crippen molar-refractivity contribution in [1.82, 2.24) is 20.9 Å². The van der Waals surface area contributed by atoms with Crippen LogP contribution in [0, 0.1) is 6.92 Å². The Morgan fingerprint density at radius 2 is 1.30 bits per heavy atom. The number of ketones is 2. The second-order valence-electron chi connectivity index (χ2n) is 17.2. The van der Waals surface area contributed by atoms with E-state index in [1.807, 2.05) is 67.6 Å². The molecule has 0 radical (unpaired) electrons. The van der Waals surface area contributed by atoms with E-state index in [2.05, 4.69) is 43.7 Å². The number of aryl methyl sites for hydroxylation is 3. The molecule has 17 heteroatoms. The molecule has 4 rings (SSSR count). The first-order chi connectivity index (χ1) is 34.3. The molecule has 3 aromatic carbocycles.